The number of halogens is 2. The Bertz CT molecular complexity index is 1250. The molecule has 2 aliphatic carbocycles. The molecule has 0 atom stereocenters. The zero-order valence-corrected chi connectivity index (χ0v) is 42.3. The van der Waals surface area contributed by atoms with Gasteiger partial charge in [0.1, 0.15) is 17.3 Å². The number of carbonyl (C=O) groups excluding carboxylic acids is 8. The van der Waals surface area contributed by atoms with Crippen molar-refractivity contribution in [2.75, 3.05) is 106 Å². The minimum Gasteiger partial charge on any atom is -0.379 e. The number of ether oxygens (including phenoxy) is 6. The van der Waals surface area contributed by atoms with Gasteiger partial charge in [0, 0.05) is 58.8 Å². The minimum atomic E-state index is -0.657. The molecule has 2 rings (SSSR count). The zero-order valence-electron chi connectivity index (χ0n) is 36.4. The summed E-state index contributed by atoms with van der Waals surface area (Å²) in [4.78, 5) is 90.8. The fraction of sp³-hybridized carbons (Fsp3) is 0.707. The van der Waals surface area contributed by atoms with Crippen LogP contribution in [0.1, 0.15) is 71.1 Å². The van der Waals surface area contributed by atoms with E-state index in [2.05, 4.69) is 53.5 Å². The monoisotopic (exact) mass is 1130 g/mol. The van der Waals surface area contributed by atoms with E-state index in [9.17, 15) is 38.4 Å². The normalized spacial score (nSPS) is 13.0. The smallest absolute Gasteiger partial charge is 0.222 e. The van der Waals surface area contributed by atoms with Gasteiger partial charge >= 0.3 is 0 Å². The van der Waals surface area contributed by atoms with E-state index in [4.69, 9.17) is 28.4 Å². The average Bonchev–Trinajstić information content (AvgIpc) is 3.74. The van der Waals surface area contributed by atoms with Gasteiger partial charge in [-0.15, -0.1) is 0 Å². The van der Waals surface area contributed by atoms with E-state index in [-0.39, 0.29) is 59.2 Å². The standard InChI is InChI=1S/C19H29NO7.C19H28O7.2CH3IS.CH5N/c1-20-19(24)8-10-26-12-14-27-13-11-25-9-2-3-15(21)4-5-16-17(22)6-7-18(16)23;1-15(20)8-10-25-12-14-26-13-11-24-9-2-3-16(21)4-5-17-18(22)6-7-19(17)23;2*1-3-2;1-2/h6-7,16H,2-5,8-14H2,1H3,(H,20,24);6-7,17H,2-5,8-14H2,1H3;2*1H3;2H2,1H3. The van der Waals surface area contributed by atoms with E-state index in [1.807, 2.05) is 12.5 Å². The molecule has 0 spiro atoms. The molecule has 16 nitrogen and oxygen atoms in total. The summed E-state index contributed by atoms with van der Waals surface area (Å²) in [5.41, 5.74) is 4.50. The highest BCUT2D eigenvalue weighted by Crippen LogP contribution is 2.18. The SMILES string of the molecule is CC(=O)CCOCCOCCOCCCC(=O)CCC1C(=O)C=CC1=O.CN.CNC(=O)CCOCCOCCOCCCC(=O)CCC1C(=O)C=CC1=O.CSI.CSI. The number of hydrogen-bond donors (Lipinski definition) is 2. The van der Waals surface area contributed by atoms with E-state index >= 15 is 0 Å². The van der Waals surface area contributed by atoms with Crippen molar-refractivity contribution >= 4 is 107 Å². The first kappa shape index (κ1) is 63.8. The topological polar surface area (TPSA) is 230 Å². The first-order valence-corrected chi connectivity index (χ1v) is 27.5. The van der Waals surface area contributed by atoms with Crippen molar-refractivity contribution in [3.8, 4) is 0 Å². The van der Waals surface area contributed by atoms with Crippen molar-refractivity contribution in [2.45, 2.75) is 71.1 Å². The van der Waals surface area contributed by atoms with Gasteiger partial charge in [0.05, 0.1) is 77.9 Å². The van der Waals surface area contributed by atoms with E-state index in [0.29, 0.717) is 131 Å². The molecule has 61 heavy (non-hydrogen) atoms. The van der Waals surface area contributed by atoms with Crippen LogP contribution >= 0.6 is 60.3 Å². The molecule has 20 heteroatoms. The lowest BCUT2D eigenvalue weighted by atomic mass is 9.96. The number of allylic oxidation sites excluding steroid dienone is 4. The van der Waals surface area contributed by atoms with Crippen LogP contribution in [0.25, 0.3) is 0 Å². The second-order valence-corrected chi connectivity index (χ2v) is 18.5. The summed E-state index contributed by atoms with van der Waals surface area (Å²) in [6.07, 6.45) is 13.0. The molecule has 0 aliphatic heterocycles. The molecule has 0 unspecified atom stereocenters. The molecule has 352 valence electrons. The Morgan fingerprint density at radius 2 is 0.803 bits per heavy atom. The molecule has 0 radical (unpaired) electrons. The van der Waals surface area contributed by atoms with Crippen molar-refractivity contribution in [2.24, 2.45) is 17.6 Å². The maximum atomic E-state index is 11.8. The zero-order chi connectivity index (χ0) is 46.5. The first-order chi connectivity index (χ1) is 29.4. The number of rotatable bonds is 32. The summed E-state index contributed by atoms with van der Waals surface area (Å²) < 4.78 is 31.8. The Morgan fingerprint density at radius 1 is 0.525 bits per heavy atom. The second-order valence-electron chi connectivity index (χ2n) is 12.6. The number of ketones is 7. The van der Waals surface area contributed by atoms with Crippen molar-refractivity contribution in [1.29, 1.82) is 0 Å². The van der Waals surface area contributed by atoms with E-state index in [1.54, 1.807) is 24.9 Å². The molecule has 0 saturated carbocycles. The minimum absolute atomic E-state index is 0.0382. The van der Waals surface area contributed by atoms with Crippen LogP contribution in [-0.2, 0) is 66.8 Å². The van der Waals surface area contributed by atoms with Crippen molar-refractivity contribution in [1.82, 2.24) is 5.32 Å². The molecule has 0 aromatic rings. The van der Waals surface area contributed by atoms with Crippen molar-refractivity contribution < 1.29 is 66.8 Å². The Hall–Kier alpha value is -1.48. The molecule has 0 aromatic heterocycles. The van der Waals surface area contributed by atoms with E-state index < -0.39 is 11.8 Å². The number of amides is 1. The van der Waals surface area contributed by atoms with Crippen LogP contribution in [0, 0.1) is 11.8 Å². The van der Waals surface area contributed by atoms with E-state index in [0.717, 1.165) is 0 Å². The first-order valence-electron chi connectivity index (χ1n) is 20.0. The van der Waals surface area contributed by atoms with Crippen LogP contribution in [-0.4, -0.2) is 152 Å². The predicted molar refractivity (Wildman–Crippen MR) is 256 cm³/mol. The van der Waals surface area contributed by atoms with Crippen LogP contribution in [0.5, 0.6) is 0 Å². The number of nitrogens with one attached hydrogen (secondary N) is 1. The van der Waals surface area contributed by atoms with Crippen molar-refractivity contribution in [3.63, 3.8) is 0 Å². The number of carbonyl (C=O) groups is 8. The fourth-order valence-corrected chi connectivity index (χ4v) is 4.84. The summed E-state index contributed by atoms with van der Waals surface area (Å²) in [5.74, 6) is -1.98. The summed E-state index contributed by atoms with van der Waals surface area (Å²) >= 11 is 4.41. The molecule has 2 aliphatic rings. The molecule has 0 aromatic carbocycles. The Balaban J connectivity index is -0.000000941. The van der Waals surface area contributed by atoms with E-state index in [1.165, 1.54) is 38.3 Å². The lowest BCUT2D eigenvalue weighted by Gasteiger charge is -2.07. The van der Waals surface area contributed by atoms with Gasteiger partial charge in [-0.05, 0) is 119 Å². The van der Waals surface area contributed by atoms with Gasteiger partial charge in [-0.1, -0.05) is 17.9 Å². The highest BCUT2D eigenvalue weighted by Gasteiger charge is 2.29. The third-order valence-corrected chi connectivity index (χ3v) is 7.95. The third kappa shape index (κ3) is 42.2. The molecule has 3 N–H and O–H groups in total. The van der Waals surface area contributed by atoms with Gasteiger partial charge in [-0.2, -0.15) is 0 Å². The summed E-state index contributed by atoms with van der Waals surface area (Å²) in [6, 6.07) is 0. The molecule has 0 fully saturated rings. The van der Waals surface area contributed by atoms with Gasteiger partial charge in [-0.3, -0.25) is 38.4 Å². The summed E-state index contributed by atoms with van der Waals surface area (Å²) in [7, 11) is 6.52. The fourth-order valence-electron chi connectivity index (χ4n) is 4.84. The van der Waals surface area contributed by atoms with Crippen molar-refractivity contribution in [3.05, 3.63) is 24.3 Å². The maximum absolute atomic E-state index is 11.8. The Labute approximate surface area is 394 Å². The van der Waals surface area contributed by atoms with Gasteiger partial charge < -0.3 is 39.5 Å². The number of nitrogens with two attached hydrogens (primary N) is 1. The van der Waals surface area contributed by atoms with Crippen LogP contribution < -0.4 is 11.1 Å². The molecular weight excluding hydrogens is 1060 g/mol. The van der Waals surface area contributed by atoms with Crippen LogP contribution in [0.3, 0.4) is 0 Å². The largest absolute Gasteiger partial charge is 0.379 e. The Morgan fingerprint density at radius 3 is 1.10 bits per heavy atom. The van der Waals surface area contributed by atoms with Crippen LogP contribution in [0.15, 0.2) is 24.3 Å². The molecule has 1 amide bonds. The molecule has 0 heterocycles. The quantitative estimate of drug-likeness (QED) is 0.0509. The lowest BCUT2D eigenvalue weighted by Crippen LogP contribution is -2.20. The summed E-state index contributed by atoms with van der Waals surface area (Å²) in [5, 5.41) is 2.51. The summed E-state index contributed by atoms with van der Waals surface area (Å²) in [6.45, 7) is 6.76. The maximum Gasteiger partial charge on any atom is 0.222 e. The molecule has 0 saturated heterocycles. The predicted octanol–water partition coefficient (Wildman–Crippen LogP) is 5.07. The van der Waals surface area contributed by atoms with Gasteiger partial charge in [-0.25, -0.2) is 0 Å². The van der Waals surface area contributed by atoms with Gasteiger partial charge in [0.2, 0.25) is 5.91 Å². The van der Waals surface area contributed by atoms with Gasteiger partial charge in [0.25, 0.3) is 0 Å². The molecule has 0 bridgehead atoms. The average molecular weight is 1130 g/mol. The molecular formula is C41H68I2N2O14S2. The Kier molecular flexibility index (Phi) is 50.2. The lowest BCUT2D eigenvalue weighted by molar-refractivity contribution is -0.128. The third-order valence-electron chi connectivity index (χ3n) is 7.95. The van der Waals surface area contributed by atoms with Crippen LogP contribution in [0.2, 0.25) is 0 Å². The number of hydrogen-bond acceptors (Lipinski definition) is 17. The highest BCUT2D eigenvalue weighted by atomic mass is 127. The number of Topliss-reactive ketones (excluding diaryl/α,β-unsaturated/α-hetero) is 3. The van der Waals surface area contributed by atoms with Gasteiger partial charge in [0.15, 0.2) is 23.1 Å². The second kappa shape index (κ2) is 48.0. The van der Waals surface area contributed by atoms with Crippen LogP contribution in [0.4, 0.5) is 0 Å². The highest BCUT2D eigenvalue weighted by molar-refractivity contribution is 14.2.